The third-order valence-corrected chi connectivity index (χ3v) is 3.56. The Kier molecular flexibility index (Phi) is 6.74. The van der Waals surface area contributed by atoms with E-state index in [0.29, 0.717) is 36.0 Å². The molecule has 2 aromatic carbocycles. The van der Waals surface area contributed by atoms with Crippen LogP contribution in [0, 0.1) is 0 Å². The molecule has 6 nitrogen and oxygen atoms in total. The molecular formula is C17H18BrNO5. The maximum Gasteiger partial charge on any atom is 0.170 e. The Morgan fingerprint density at radius 1 is 1.04 bits per heavy atom. The first-order valence-electron chi connectivity index (χ1n) is 7.12. The fourth-order valence-corrected chi connectivity index (χ4v) is 2.50. The summed E-state index contributed by atoms with van der Waals surface area (Å²) in [7, 11) is 3.15. The summed E-state index contributed by atoms with van der Waals surface area (Å²) in [5.41, 5.74) is 0.588. The van der Waals surface area contributed by atoms with Gasteiger partial charge in [-0.05, 0) is 24.3 Å². The minimum atomic E-state index is 0.293. The van der Waals surface area contributed by atoms with Crippen LogP contribution in [0.15, 0.2) is 46.0 Å². The standard InChI is InChI=1S/C17H18BrNO5/c1-21-14-4-3-5-15(10-14)23-6-7-24-17-12(11-19-20)8-13(18)9-16(17)22-2/h3-5,8-11,20H,6-7H2,1-2H3. The summed E-state index contributed by atoms with van der Waals surface area (Å²) >= 11 is 3.37. The van der Waals surface area contributed by atoms with E-state index in [1.54, 1.807) is 32.4 Å². The normalized spacial score (nSPS) is 10.6. The number of ether oxygens (including phenoxy) is 4. The first kappa shape index (κ1) is 17.9. The van der Waals surface area contributed by atoms with E-state index in [1.165, 1.54) is 6.21 Å². The lowest BCUT2D eigenvalue weighted by Gasteiger charge is -2.14. The van der Waals surface area contributed by atoms with Gasteiger partial charge in [-0.2, -0.15) is 0 Å². The van der Waals surface area contributed by atoms with Gasteiger partial charge in [0.1, 0.15) is 24.7 Å². The molecule has 128 valence electrons. The van der Waals surface area contributed by atoms with Crippen LogP contribution in [0.1, 0.15) is 5.56 Å². The monoisotopic (exact) mass is 395 g/mol. The number of benzene rings is 2. The third kappa shape index (κ3) is 4.79. The zero-order valence-electron chi connectivity index (χ0n) is 13.4. The van der Waals surface area contributed by atoms with E-state index in [0.717, 1.165) is 10.2 Å². The highest BCUT2D eigenvalue weighted by atomic mass is 79.9. The van der Waals surface area contributed by atoms with E-state index < -0.39 is 0 Å². The van der Waals surface area contributed by atoms with Crippen molar-refractivity contribution in [2.75, 3.05) is 27.4 Å². The van der Waals surface area contributed by atoms with Gasteiger partial charge in [0.15, 0.2) is 11.5 Å². The summed E-state index contributed by atoms with van der Waals surface area (Å²) in [6.07, 6.45) is 1.28. The lowest BCUT2D eigenvalue weighted by Crippen LogP contribution is -2.11. The minimum absolute atomic E-state index is 0.293. The molecule has 1 N–H and O–H groups in total. The Labute approximate surface area is 148 Å². The third-order valence-electron chi connectivity index (χ3n) is 3.10. The zero-order chi connectivity index (χ0) is 17.4. The first-order chi connectivity index (χ1) is 11.7. The molecule has 0 aliphatic heterocycles. The van der Waals surface area contributed by atoms with Crippen molar-refractivity contribution in [1.82, 2.24) is 0 Å². The molecule has 0 aliphatic rings. The second-order valence-corrected chi connectivity index (χ2v) is 5.56. The summed E-state index contributed by atoms with van der Waals surface area (Å²) in [6, 6.07) is 10.9. The number of hydrogen-bond acceptors (Lipinski definition) is 6. The van der Waals surface area contributed by atoms with Crippen LogP contribution in [0.5, 0.6) is 23.0 Å². The van der Waals surface area contributed by atoms with Crippen molar-refractivity contribution in [3.8, 4) is 23.0 Å². The summed E-state index contributed by atoms with van der Waals surface area (Å²) < 4.78 is 22.6. The summed E-state index contributed by atoms with van der Waals surface area (Å²) in [5.74, 6) is 2.43. The van der Waals surface area contributed by atoms with E-state index in [9.17, 15) is 0 Å². The van der Waals surface area contributed by atoms with Crippen molar-refractivity contribution in [1.29, 1.82) is 0 Å². The molecule has 0 radical (unpaired) electrons. The number of rotatable bonds is 8. The molecule has 0 bridgehead atoms. The lowest BCUT2D eigenvalue weighted by atomic mass is 10.2. The maximum absolute atomic E-state index is 8.79. The van der Waals surface area contributed by atoms with Crippen LogP contribution in [-0.2, 0) is 0 Å². The van der Waals surface area contributed by atoms with Gasteiger partial charge in [-0.25, -0.2) is 0 Å². The highest BCUT2D eigenvalue weighted by Gasteiger charge is 2.12. The van der Waals surface area contributed by atoms with Crippen LogP contribution in [-0.4, -0.2) is 38.9 Å². The fourth-order valence-electron chi connectivity index (χ4n) is 2.05. The van der Waals surface area contributed by atoms with Gasteiger partial charge in [0.2, 0.25) is 0 Å². The Balaban J connectivity index is 2.00. The van der Waals surface area contributed by atoms with Gasteiger partial charge in [-0.3, -0.25) is 0 Å². The molecule has 7 heteroatoms. The Hall–Kier alpha value is -2.41. The van der Waals surface area contributed by atoms with E-state index in [1.807, 2.05) is 18.2 Å². The highest BCUT2D eigenvalue weighted by Crippen LogP contribution is 2.34. The summed E-state index contributed by atoms with van der Waals surface area (Å²) in [6.45, 7) is 0.629. The van der Waals surface area contributed by atoms with Crippen LogP contribution in [0.2, 0.25) is 0 Å². The van der Waals surface area contributed by atoms with E-state index in [-0.39, 0.29) is 0 Å². The second-order valence-electron chi connectivity index (χ2n) is 4.65. The summed E-state index contributed by atoms with van der Waals surface area (Å²) in [4.78, 5) is 0. The van der Waals surface area contributed by atoms with E-state index in [2.05, 4.69) is 21.1 Å². The van der Waals surface area contributed by atoms with Crippen LogP contribution >= 0.6 is 15.9 Å². The van der Waals surface area contributed by atoms with Gasteiger partial charge < -0.3 is 24.2 Å². The maximum atomic E-state index is 8.79. The average Bonchev–Trinajstić information content (AvgIpc) is 2.60. The summed E-state index contributed by atoms with van der Waals surface area (Å²) in [5, 5.41) is 11.8. The number of oxime groups is 1. The fraction of sp³-hybridized carbons (Fsp3) is 0.235. The first-order valence-corrected chi connectivity index (χ1v) is 7.92. The molecule has 0 amide bonds. The topological polar surface area (TPSA) is 69.5 Å². The van der Waals surface area contributed by atoms with Crippen molar-refractivity contribution in [2.24, 2.45) is 5.16 Å². The second kappa shape index (κ2) is 9.02. The van der Waals surface area contributed by atoms with Crippen LogP contribution in [0.25, 0.3) is 0 Å². The van der Waals surface area contributed by atoms with Gasteiger partial charge in [0, 0.05) is 16.1 Å². The molecule has 0 aliphatic carbocycles. The minimum Gasteiger partial charge on any atom is -0.497 e. The number of hydrogen-bond donors (Lipinski definition) is 1. The number of nitrogens with zero attached hydrogens (tertiary/aromatic N) is 1. The van der Waals surface area contributed by atoms with Crippen LogP contribution < -0.4 is 18.9 Å². The predicted molar refractivity (Wildman–Crippen MR) is 94.1 cm³/mol. The quantitative estimate of drug-likeness (QED) is 0.319. The Morgan fingerprint density at radius 2 is 1.79 bits per heavy atom. The SMILES string of the molecule is COc1cccc(OCCOc2c(C=NO)cc(Br)cc2OC)c1. The average molecular weight is 396 g/mol. The van der Waals surface area contributed by atoms with Crippen molar-refractivity contribution >= 4 is 22.1 Å². The molecule has 0 aromatic heterocycles. The van der Waals surface area contributed by atoms with Crippen molar-refractivity contribution < 1.29 is 24.2 Å². The number of halogens is 1. The predicted octanol–water partition coefficient (Wildman–Crippen LogP) is 3.73. The van der Waals surface area contributed by atoms with Crippen LogP contribution in [0.4, 0.5) is 0 Å². The van der Waals surface area contributed by atoms with Gasteiger partial charge in [-0.15, -0.1) is 0 Å². The molecular weight excluding hydrogens is 378 g/mol. The van der Waals surface area contributed by atoms with E-state index >= 15 is 0 Å². The van der Waals surface area contributed by atoms with Crippen molar-refractivity contribution in [2.45, 2.75) is 0 Å². The molecule has 0 fully saturated rings. The molecule has 0 saturated heterocycles. The molecule has 2 aromatic rings. The van der Waals surface area contributed by atoms with Gasteiger partial charge in [-0.1, -0.05) is 27.2 Å². The van der Waals surface area contributed by atoms with Gasteiger partial charge in [0.25, 0.3) is 0 Å². The molecule has 0 heterocycles. The van der Waals surface area contributed by atoms with Crippen molar-refractivity contribution in [3.05, 3.63) is 46.4 Å². The molecule has 2 rings (SSSR count). The lowest BCUT2D eigenvalue weighted by molar-refractivity contribution is 0.210. The molecule has 0 saturated carbocycles. The highest BCUT2D eigenvalue weighted by molar-refractivity contribution is 9.10. The van der Waals surface area contributed by atoms with E-state index in [4.69, 9.17) is 24.2 Å². The Morgan fingerprint density at radius 3 is 2.50 bits per heavy atom. The largest absolute Gasteiger partial charge is 0.497 e. The smallest absolute Gasteiger partial charge is 0.170 e. The Bertz CT molecular complexity index is 705. The number of methoxy groups -OCH3 is 2. The zero-order valence-corrected chi connectivity index (χ0v) is 14.9. The van der Waals surface area contributed by atoms with Gasteiger partial charge in [0.05, 0.1) is 20.4 Å². The molecule has 0 atom stereocenters. The molecule has 0 spiro atoms. The molecule has 0 unspecified atom stereocenters. The van der Waals surface area contributed by atoms with Crippen molar-refractivity contribution in [3.63, 3.8) is 0 Å². The van der Waals surface area contributed by atoms with Gasteiger partial charge >= 0.3 is 0 Å². The van der Waals surface area contributed by atoms with Crippen LogP contribution in [0.3, 0.4) is 0 Å². The molecule has 24 heavy (non-hydrogen) atoms.